The normalized spacial score (nSPS) is 22.9. The first kappa shape index (κ1) is 14.0. The molecular weight excluding hydrogens is 294 g/mol. The summed E-state index contributed by atoms with van der Waals surface area (Å²) in [5.74, 6) is 0. The number of nitrogens with one attached hydrogen (secondary N) is 1. The smallest absolute Gasteiger partial charge is 0.0700 e. The molecule has 4 heteroatoms. The minimum Gasteiger partial charge on any atom is -0.394 e. The average molecular weight is 314 g/mol. The molecule has 18 heavy (non-hydrogen) atoms. The monoisotopic (exact) mass is 313 g/mol. The summed E-state index contributed by atoms with van der Waals surface area (Å²) in [7, 11) is 0. The number of benzene rings is 1. The Labute approximate surface area is 117 Å². The molecule has 0 bridgehead atoms. The molecule has 0 spiro atoms. The Morgan fingerprint density at radius 2 is 2.28 bits per heavy atom. The van der Waals surface area contributed by atoms with Gasteiger partial charge < -0.3 is 15.2 Å². The number of halogens is 1. The lowest BCUT2D eigenvalue weighted by atomic mass is 9.92. The number of hydrogen-bond donors (Lipinski definition) is 2. The predicted octanol–water partition coefficient (Wildman–Crippen LogP) is 2.43. The molecule has 2 rings (SSSR count). The van der Waals surface area contributed by atoms with Crippen LogP contribution >= 0.6 is 15.9 Å². The van der Waals surface area contributed by atoms with Gasteiger partial charge in [0.1, 0.15) is 0 Å². The summed E-state index contributed by atoms with van der Waals surface area (Å²) in [5.41, 5.74) is 0.636. The molecule has 0 radical (unpaired) electrons. The maximum atomic E-state index is 9.71. The second-order valence-electron chi connectivity index (χ2n) is 4.99. The molecule has 0 aliphatic carbocycles. The van der Waals surface area contributed by atoms with Gasteiger partial charge in [-0.25, -0.2) is 0 Å². The lowest BCUT2D eigenvalue weighted by Gasteiger charge is -2.31. The van der Waals surface area contributed by atoms with Gasteiger partial charge in [0.05, 0.1) is 18.2 Å². The molecule has 3 nitrogen and oxygen atoms in total. The van der Waals surface area contributed by atoms with Crippen molar-refractivity contribution in [2.24, 2.45) is 0 Å². The van der Waals surface area contributed by atoms with Crippen molar-refractivity contribution in [3.8, 4) is 0 Å². The van der Waals surface area contributed by atoms with Gasteiger partial charge in [-0.15, -0.1) is 0 Å². The molecule has 1 heterocycles. The van der Waals surface area contributed by atoms with Gasteiger partial charge in [0.25, 0.3) is 0 Å². The van der Waals surface area contributed by atoms with Gasteiger partial charge in [0, 0.05) is 17.6 Å². The number of hydrogen-bond acceptors (Lipinski definition) is 3. The predicted molar refractivity (Wildman–Crippen MR) is 75.6 cm³/mol. The van der Waals surface area contributed by atoms with E-state index in [0.29, 0.717) is 0 Å². The molecule has 2 N–H and O–H groups in total. The first-order valence-electron chi connectivity index (χ1n) is 6.38. The SMILES string of the molecule is CC(CO)(NCC1CCCO1)c1ccccc1Br. The van der Waals surface area contributed by atoms with Crippen LogP contribution in [-0.4, -0.2) is 31.0 Å². The fourth-order valence-corrected chi connectivity index (χ4v) is 3.01. The van der Waals surface area contributed by atoms with Gasteiger partial charge in [-0.1, -0.05) is 34.1 Å². The molecule has 1 aliphatic heterocycles. The first-order valence-corrected chi connectivity index (χ1v) is 7.17. The van der Waals surface area contributed by atoms with E-state index < -0.39 is 5.54 Å². The molecule has 0 amide bonds. The first-order chi connectivity index (χ1) is 8.65. The topological polar surface area (TPSA) is 41.5 Å². The zero-order valence-corrected chi connectivity index (χ0v) is 12.2. The van der Waals surface area contributed by atoms with Crippen molar-refractivity contribution in [2.45, 2.75) is 31.4 Å². The van der Waals surface area contributed by atoms with Crippen molar-refractivity contribution in [3.05, 3.63) is 34.3 Å². The van der Waals surface area contributed by atoms with Crippen molar-refractivity contribution in [3.63, 3.8) is 0 Å². The third kappa shape index (κ3) is 3.12. The molecule has 100 valence electrons. The van der Waals surface area contributed by atoms with Crippen LogP contribution < -0.4 is 5.32 Å². The largest absolute Gasteiger partial charge is 0.394 e. The molecule has 0 saturated carbocycles. The van der Waals surface area contributed by atoms with Crippen LogP contribution in [0.2, 0.25) is 0 Å². The Morgan fingerprint density at radius 3 is 2.89 bits per heavy atom. The highest BCUT2D eigenvalue weighted by Gasteiger charge is 2.29. The Balaban J connectivity index is 2.07. The summed E-state index contributed by atoms with van der Waals surface area (Å²) in [5, 5.41) is 13.2. The molecule has 1 aliphatic rings. The maximum absolute atomic E-state index is 9.71. The van der Waals surface area contributed by atoms with Gasteiger partial charge in [-0.2, -0.15) is 0 Å². The molecule has 0 aromatic heterocycles. The van der Waals surface area contributed by atoms with E-state index in [9.17, 15) is 5.11 Å². The number of ether oxygens (including phenoxy) is 1. The van der Waals surface area contributed by atoms with E-state index in [0.717, 1.165) is 36.0 Å². The van der Waals surface area contributed by atoms with Crippen LogP contribution in [0.15, 0.2) is 28.7 Å². The number of rotatable bonds is 5. The van der Waals surface area contributed by atoms with Crippen LogP contribution in [0.4, 0.5) is 0 Å². The van der Waals surface area contributed by atoms with Crippen molar-refractivity contribution < 1.29 is 9.84 Å². The van der Waals surface area contributed by atoms with Gasteiger partial charge in [0.2, 0.25) is 0 Å². The van der Waals surface area contributed by atoms with Crippen LogP contribution in [0.1, 0.15) is 25.3 Å². The second-order valence-corrected chi connectivity index (χ2v) is 5.84. The molecule has 2 unspecified atom stereocenters. The Kier molecular flexibility index (Phi) is 4.78. The van der Waals surface area contributed by atoms with E-state index >= 15 is 0 Å². The lowest BCUT2D eigenvalue weighted by molar-refractivity contribution is 0.0909. The zero-order valence-electron chi connectivity index (χ0n) is 10.7. The van der Waals surface area contributed by atoms with E-state index in [-0.39, 0.29) is 12.7 Å². The third-order valence-corrected chi connectivity index (χ3v) is 4.22. The fourth-order valence-electron chi connectivity index (χ4n) is 2.29. The minimum atomic E-state index is -0.438. The Bertz CT molecular complexity index is 393. The number of aliphatic hydroxyl groups excluding tert-OH is 1. The average Bonchev–Trinajstić information content (AvgIpc) is 2.90. The van der Waals surface area contributed by atoms with Gasteiger partial charge in [0.15, 0.2) is 0 Å². The summed E-state index contributed by atoms with van der Waals surface area (Å²) in [6.07, 6.45) is 2.51. The van der Waals surface area contributed by atoms with Crippen molar-refractivity contribution >= 4 is 15.9 Å². The van der Waals surface area contributed by atoms with Crippen LogP contribution in [-0.2, 0) is 10.3 Å². The zero-order chi connectivity index (χ0) is 13.0. The quantitative estimate of drug-likeness (QED) is 0.877. The highest BCUT2D eigenvalue weighted by atomic mass is 79.9. The highest BCUT2D eigenvalue weighted by molar-refractivity contribution is 9.10. The summed E-state index contributed by atoms with van der Waals surface area (Å²) in [4.78, 5) is 0. The molecule has 1 saturated heterocycles. The Morgan fingerprint density at radius 1 is 1.50 bits per heavy atom. The summed E-state index contributed by atoms with van der Waals surface area (Å²) in [6.45, 7) is 3.71. The van der Waals surface area contributed by atoms with Crippen LogP contribution in [0, 0.1) is 0 Å². The van der Waals surface area contributed by atoms with E-state index in [1.54, 1.807) is 0 Å². The molecule has 2 atom stereocenters. The molecule has 1 aromatic carbocycles. The standard InChI is InChI=1S/C14H20BrNO2/c1-14(10-17,12-6-2-3-7-13(12)15)16-9-11-5-4-8-18-11/h2-3,6-7,11,16-17H,4-5,8-10H2,1H3. The maximum Gasteiger partial charge on any atom is 0.0700 e. The molecular formula is C14H20BrNO2. The Hall–Kier alpha value is -0.420. The fraction of sp³-hybridized carbons (Fsp3) is 0.571. The van der Waals surface area contributed by atoms with Gasteiger partial charge in [-0.3, -0.25) is 0 Å². The summed E-state index contributed by atoms with van der Waals surface area (Å²) >= 11 is 3.54. The molecule has 1 aromatic rings. The molecule has 1 fully saturated rings. The van der Waals surface area contributed by atoms with Crippen molar-refractivity contribution in [2.75, 3.05) is 19.8 Å². The van der Waals surface area contributed by atoms with Gasteiger partial charge >= 0.3 is 0 Å². The third-order valence-electron chi connectivity index (χ3n) is 3.53. The van der Waals surface area contributed by atoms with Crippen LogP contribution in [0.3, 0.4) is 0 Å². The van der Waals surface area contributed by atoms with Gasteiger partial charge in [-0.05, 0) is 31.4 Å². The summed E-state index contributed by atoms with van der Waals surface area (Å²) in [6, 6.07) is 7.99. The van der Waals surface area contributed by atoms with Crippen molar-refractivity contribution in [1.82, 2.24) is 5.32 Å². The van der Waals surface area contributed by atoms with E-state index in [2.05, 4.69) is 21.2 Å². The van der Waals surface area contributed by atoms with E-state index in [1.807, 2.05) is 31.2 Å². The minimum absolute atomic E-state index is 0.0579. The lowest BCUT2D eigenvalue weighted by Crippen LogP contribution is -2.46. The summed E-state index contributed by atoms with van der Waals surface area (Å²) < 4.78 is 6.62. The van der Waals surface area contributed by atoms with E-state index in [4.69, 9.17) is 4.74 Å². The van der Waals surface area contributed by atoms with Crippen LogP contribution in [0.25, 0.3) is 0 Å². The number of aliphatic hydroxyl groups is 1. The van der Waals surface area contributed by atoms with E-state index in [1.165, 1.54) is 0 Å². The van der Waals surface area contributed by atoms with Crippen molar-refractivity contribution in [1.29, 1.82) is 0 Å². The highest BCUT2D eigenvalue weighted by Crippen LogP contribution is 2.28. The second kappa shape index (κ2) is 6.15. The van der Waals surface area contributed by atoms with Crippen LogP contribution in [0.5, 0.6) is 0 Å².